The monoisotopic (exact) mass is 453 g/mol. The number of hydrogen-bond acceptors (Lipinski definition) is 6. The zero-order valence-electron chi connectivity index (χ0n) is 19.2. The van der Waals surface area contributed by atoms with Crippen molar-refractivity contribution in [3.05, 3.63) is 95.7 Å². The Bertz CT molecular complexity index is 1290. The van der Waals surface area contributed by atoms with E-state index in [4.69, 9.17) is 10.5 Å². The number of rotatable bonds is 8. The van der Waals surface area contributed by atoms with Gasteiger partial charge in [0, 0.05) is 23.9 Å². The maximum Gasteiger partial charge on any atom is 0.255 e. The van der Waals surface area contributed by atoms with Crippen LogP contribution in [0.5, 0.6) is 5.75 Å². The lowest BCUT2D eigenvalue weighted by Crippen LogP contribution is -2.13. The Hall–Kier alpha value is -4.39. The van der Waals surface area contributed by atoms with Gasteiger partial charge in [0.2, 0.25) is 5.95 Å². The van der Waals surface area contributed by atoms with E-state index in [1.165, 1.54) is 0 Å². The van der Waals surface area contributed by atoms with Crippen molar-refractivity contribution in [3.63, 3.8) is 0 Å². The van der Waals surface area contributed by atoms with Gasteiger partial charge in [-0.2, -0.15) is 0 Å². The fraction of sp³-hybridized carbons (Fsp3) is 0.148. The summed E-state index contributed by atoms with van der Waals surface area (Å²) in [5.74, 6) is 1.17. The minimum Gasteiger partial charge on any atom is -0.496 e. The summed E-state index contributed by atoms with van der Waals surface area (Å²) < 4.78 is 5.51. The molecule has 4 rings (SSSR count). The van der Waals surface area contributed by atoms with Crippen LogP contribution in [0.2, 0.25) is 0 Å². The van der Waals surface area contributed by atoms with Crippen molar-refractivity contribution < 1.29 is 9.53 Å². The molecule has 1 heterocycles. The minimum atomic E-state index is -0.210. The van der Waals surface area contributed by atoms with E-state index >= 15 is 0 Å². The standard InChI is InChI=1S/C27H27N5O2/c1-3-19-12-13-21(16-25(19)34-2)23-14-15-29-27(32-23)30-17-18-8-10-20(11-9-18)26(33)31-24-7-5-4-6-22(24)28/h4-16H,3,17,28H2,1-2H3,(H,31,33)(H,29,30,32). The van der Waals surface area contributed by atoms with Gasteiger partial charge in [-0.25, -0.2) is 9.97 Å². The molecule has 172 valence electrons. The first-order chi connectivity index (χ1) is 16.6. The van der Waals surface area contributed by atoms with Crippen LogP contribution in [0.25, 0.3) is 11.3 Å². The summed E-state index contributed by atoms with van der Waals surface area (Å²) in [5.41, 5.74) is 11.5. The van der Waals surface area contributed by atoms with E-state index in [0.717, 1.165) is 34.6 Å². The predicted octanol–water partition coefficient (Wildman–Crippen LogP) is 5.16. The molecule has 0 saturated carbocycles. The Labute approximate surface area is 199 Å². The summed E-state index contributed by atoms with van der Waals surface area (Å²) in [7, 11) is 1.68. The smallest absolute Gasteiger partial charge is 0.255 e. The third-order valence-electron chi connectivity index (χ3n) is 5.50. The number of aryl methyl sites for hydroxylation is 1. The molecule has 0 spiro atoms. The van der Waals surface area contributed by atoms with Crippen LogP contribution in [0.4, 0.5) is 17.3 Å². The fourth-order valence-electron chi connectivity index (χ4n) is 3.56. The Balaban J connectivity index is 1.40. The number of carbonyl (C=O) groups excluding carboxylic acids is 1. The highest BCUT2D eigenvalue weighted by molar-refractivity contribution is 6.05. The lowest BCUT2D eigenvalue weighted by molar-refractivity contribution is 0.102. The SMILES string of the molecule is CCc1ccc(-c2ccnc(NCc3ccc(C(=O)Nc4ccccc4N)cc3)n2)cc1OC. The van der Waals surface area contributed by atoms with Crippen molar-refractivity contribution >= 4 is 23.2 Å². The number of hydrogen-bond donors (Lipinski definition) is 3. The van der Waals surface area contributed by atoms with Gasteiger partial charge in [-0.3, -0.25) is 4.79 Å². The Morgan fingerprint density at radius 2 is 1.82 bits per heavy atom. The molecule has 4 aromatic rings. The highest BCUT2D eigenvalue weighted by Gasteiger charge is 2.09. The van der Waals surface area contributed by atoms with Crippen molar-refractivity contribution in [1.82, 2.24) is 9.97 Å². The third kappa shape index (κ3) is 5.32. The van der Waals surface area contributed by atoms with Crippen LogP contribution in [-0.2, 0) is 13.0 Å². The maximum atomic E-state index is 12.5. The molecular formula is C27H27N5O2. The van der Waals surface area contributed by atoms with Crippen LogP contribution >= 0.6 is 0 Å². The molecule has 0 fully saturated rings. The topological polar surface area (TPSA) is 102 Å². The molecule has 1 aromatic heterocycles. The first kappa shape index (κ1) is 22.8. The van der Waals surface area contributed by atoms with Crippen molar-refractivity contribution in [2.24, 2.45) is 0 Å². The maximum absolute atomic E-state index is 12.5. The number of methoxy groups -OCH3 is 1. The summed E-state index contributed by atoms with van der Waals surface area (Å²) in [6.45, 7) is 2.62. The molecule has 0 aliphatic carbocycles. The molecule has 0 bridgehead atoms. The predicted molar refractivity (Wildman–Crippen MR) is 136 cm³/mol. The van der Waals surface area contributed by atoms with Gasteiger partial charge < -0.3 is 21.1 Å². The molecule has 0 atom stereocenters. The zero-order chi connectivity index (χ0) is 23.9. The average molecular weight is 454 g/mol. The van der Waals surface area contributed by atoms with Gasteiger partial charge in [-0.05, 0) is 53.9 Å². The number of carbonyl (C=O) groups is 1. The van der Waals surface area contributed by atoms with Crippen LogP contribution < -0.4 is 21.1 Å². The van der Waals surface area contributed by atoms with Gasteiger partial charge in [0.15, 0.2) is 0 Å². The second-order valence-electron chi connectivity index (χ2n) is 7.74. The van der Waals surface area contributed by atoms with Gasteiger partial charge >= 0.3 is 0 Å². The second-order valence-corrected chi connectivity index (χ2v) is 7.74. The Morgan fingerprint density at radius 1 is 1.03 bits per heavy atom. The fourth-order valence-corrected chi connectivity index (χ4v) is 3.56. The van der Waals surface area contributed by atoms with E-state index in [2.05, 4.69) is 33.6 Å². The molecule has 7 heteroatoms. The summed E-state index contributed by atoms with van der Waals surface area (Å²) >= 11 is 0. The molecular weight excluding hydrogens is 426 g/mol. The van der Waals surface area contributed by atoms with Crippen LogP contribution in [0.3, 0.4) is 0 Å². The lowest BCUT2D eigenvalue weighted by atomic mass is 10.1. The van der Waals surface area contributed by atoms with Crippen LogP contribution in [0, 0.1) is 0 Å². The number of nitrogens with two attached hydrogens (primary N) is 1. The summed E-state index contributed by atoms with van der Waals surface area (Å²) in [6, 6.07) is 22.5. The Kier molecular flexibility index (Phi) is 7.03. The van der Waals surface area contributed by atoms with E-state index < -0.39 is 0 Å². The highest BCUT2D eigenvalue weighted by atomic mass is 16.5. The van der Waals surface area contributed by atoms with Crippen LogP contribution in [0.1, 0.15) is 28.4 Å². The second kappa shape index (κ2) is 10.5. The van der Waals surface area contributed by atoms with Gasteiger partial charge in [-0.1, -0.05) is 43.3 Å². The van der Waals surface area contributed by atoms with E-state index in [1.54, 1.807) is 37.6 Å². The molecule has 0 unspecified atom stereocenters. The quantitative estimate of drug-likeness (QED) is 0.319. The first-order valence-corrected chi connectivity index (χ1v) is 11.1. The number of anilines is 3. The number of amides is 1. The van der Waals surface area contributed by atoms with Gasteiger partial charge in [-0.15, -0.1) is 0 Å². The summed E-state index contributed by atoms with van der Waals surface area (Å²) in [4.78, 5) is 21.5. The molecule has 1 amide bonds. The van der Waals surface area contributed by atoms with Crippen LogP contribution in [-0.4, -0.2) is 23.0 Å². The molecule has 0 radical (unpaired) electrons. The van der Waals surface area contributed by atoms with Crippen molar-refractivity contribution in [1.29, 1.82) is 0 Å². The number of nitrogens with zero attached hydrogens (tertiary/aromatic N) is 2. The number of aromatic nitrogens is 2. The number of para-hydroxylation sites is 2. The number of ether oxygens (including phenoxy) is 1. The van der Waals surface area contributed by atoms with E-state index in [1.807, 2.05) is 42.5 Å². The molecule has 34 heavy (non-hydrogen) atoms. The first-order valence-electron chi connectivity index (χ1n) is 11.1. The van der Waals surface area contributed by atoms with Crippen molar-refractivity contribution in [2.45, 2.75) is 19.9 Å². The highest BCUT2D eigenvalue weighted by Crippen LogP contribution is 2.27. The third-order valence-corrected chi connectivity index (χ3v) is 5.50. The van der Waals surface area contributed by atoms with E-state index in [0.29, 0.717) is 29.4 Å². The molecule has 0 aliphatic rings. The number of benzene rings is 3. The largest absolute Gasteiger partial charge is 0.496 e. The molecule has 0 aliphatic heterocycles. The summed E-state index contributed by atoms with van der Waals surface area (Å²) in [5, 5.41) is 6.08. The molecule has 4 N–H and O–H groups in total. The normalized spacial score (nSPS) is 10.5. The van der Waals surface area contributed by atoms with E-state index in [9.17, 15) is 4.79 Å². The van der Waals surface area contributed by atoms with Crippen molar-refractivity contribution in [2.75, 3.05) is 23.5 Å². The van der Waals surface area contributed by atoms with E-state index in [-0.39, 0.29) is 5.91 Å². The van der Waals surface area contributed by atoms with Gasteiger partial charge in [0.1, 0.15) is 5.75 Å². The number of nitrogens with one attached hydrogen (secondary N) is 2. The number of nitrogen functional groups attached to an aromatic ring is 1. The molecule has 7 nitrogen and oxygen atoms in total. The zero-order valence-corrected chi connectivity index (χ0v) is 19.2. The summed E-state index contributed by atoms with van der Waals surface area (Å²) in [6.07, 6.45) is 2.63. The van der Waals surface area contributed by atoms with Crippen molar-refractivity contribution in [3.8, 4) is 17.0 Å². The molecule has 3 aromatic carbocycles. The average Bonchev–Trinajstić information content (AvgIpc) is 2.88. The Morgan fingerprint density at radius 3 is 2.56 bits per heavy atom. The van der Waals surface area contributed by atoms with Crippen LogP contribution in [0.15, 0.2) is 79.0 Å². The molecule has 0 saturated heterocycles. The van der Waals surface area contributed by atoms with Gasteiger partial charge in [0.25, 0.3) is 5.91 Å². The van der Waals surface area contributed by atoms with Gasteiger partial charge in [0.05, 0.1) is 24.2 Å². The minimum absolute atomic E-state index is 0.210. The lowest BCUT2D eigenvalue weighted by Gasteiger charge is -2.11.